The van der Waals surface area contributed by atoms with Crippen molar-refractivity contribution in [2.45, 2.75) is 54.9 Å². The van der Waals surface area contributed by atoms with E-state index >= 15 is 0 Å². The maximum Gasteiger partial charge on any atom is 0.246 e. The molecule has 3 saturated heterocycles. The van der Waals surface area contributed by atoms with Crippen LogP contribution in [-0.2, 0) is 25.7 Å². The number of aliphatic hydroxyl groups excluding tert-OH is 1. The molecular weight excluding hydrogens is 526 g/mol. The molecule has 1 spiro atoms. The molecule has 9 heteroatoms. The average Bonchev–Trinajstić information content (AvgIpc) is 3.48. The SMILES string of the molecule is CC[C@@H](CO)N1C(=O)[C@@H]2[C@@H](C(=O)Nc3ccccc3)[C@@H]3OC2(CC3Br)C1C(=O)NCc1ccccc1. The highest BCUT2D eigenvalue weighted by molar-refractivity contribution is 9.09. The minimum absolute atomic E-state index is 0.188. The molecule has 0 aliphatic carbocycles. The Balaban J connectivity index is 1.48. The lowest BCUT2D eigenvalue weighted by Gasteiger charge is -2.36. The third-order valence-corrected chi connectivity index (χ3v) is 8.55. The summed E-state index contributed by atoms with van der Waals surface area (Å²) < 4.78 is 6.48. The molecule has 0 saturated carbocycles. The quantitative estimate of drug-likeness (QED) is 0.433. The second-order valence-electron chi connectivity index (χ2n) is 9.71. The van der Waals surface area contributed by atoms with E-state index in [1.165, 1.54) is 4.90 Å². The lowest BCUT2D eigenvalue weighted by Crippen LogP contribution is -2.58. The molecule has 7 atom stereocenters. The monoisotopic (exact) mass is 555 g/mol. The van der Waals surface area contributed by atoms with Crippen molar-refractivity contribution in [1.29, 1.82) is 0 Å². The highest BCUT2D eigenvalue weighted by Gasteiger charge is 2.76. The van der Waals surface area contributed by atoms with Gasteiger partial charge < -0.3 is 25.4 Å². The Morgan fingerprint density at radius 2 is 1.81 bits per heavy atom. The van der Waals surface area contributed by atoms with Crippen LogP contribution in [0, 0.1) is 11.8 Å². The van der Waals surface area contributed by atoms with Crippen molar-refractivity contribution in [3.63, 3.8) is 0 Å². The van der Waals surface area contributed by atoms with Gasteiger partial charge in [-0.25, -0.2) is 0 Å². The number of halogens is 1. The topological polar surface area (TPSA) is 108 Å². The number of rotatable bonds is 8. The number of hydrogen-bond donors (Lipinski definition) is 3. The van der Waals surface area contributed by atoms with E-state index in [1.54, 1.807) is 12.1 Å². The number of carbonyl (C=O) groups excluding carboxylic acids is 3. The van der Waals surface area contributed by atoms with Gasteiger partial charge in [-0.15, -0.1) is 0 Å². The normalized spacial score (nSPS) is 31.2. The summed E-state index contributed by atoms with van der Waals surface area (Å²) in [6.07, 6.45) is 0.351. The van der Waals surface area contributed by atoms with Crippen molar-refractivity contribution in [3.05, 3.63) is 66.2 Å². The Kier molecular flexibility index (Phi) is 6.89. The number of nitrogens with zero attached hydrogens (tertiary/aromatic N) is 1. The molecule has 3 heterocycles. The molecule has 3 fully saturated rings. The summed E-state index contributed by atoms with van der Waals surface area (Å²) in [4.78, 5) is 42.5. The number of benzene rings is 2. The van der Waals surface area contributed by atoms with Crippen molar-refractivity contribution in [1.82, 2.24) is 10.2 Å². The van der Waals surface area contributed by atoms with E-state index < -0.39 is 35.6 Å². The predicted octanol–water partition coefficient (Wildman–Crippen LogP) is 2.46. The van der Waals surface area contributed by atoms with Crippen LogP contribution >= 0.6 is 15.9 Å². The van der Waals surface area contributed by atoms with Gasteiger partial charge in [-0.2, -0.15) is 0 Å². The zero-order valence-corrected chi connectivity index (χ0v) is 21.6. The van der Waals surface area contributed by atoms with Crippen molar-refractivity contribution >= 4 is 39.3 Å². The Morgan fingerprint density at radius 1 is 1.14 bits per heavy atom. The first-order valence-corrected chi connectivity index (χ1v) is 13.2. The van der Waals surface area contributed by atoms with E-state index in [1.807, 2.05) is 55.5 Å². The third kappa shape index (κ3) is 4.03. The fourth-order valence-corrected chi connectivity index (χ4v) is 7.05. The van der Waals surface area contributed by atoms with Gasteiger partial charge in [-0.1, -0.05) is 71.4 Å². The highest BCUT2D eigenvalue weighted by Crippen LogP contribution is 2.60. The lowest BCUT2D eigenvalue weighted by atomic mass is 9.70. The van der Waals surface area contributed by atoms with Crippen molar-refractivity contribution in [2.75, 3.05) is 11.9 Å². The van der Waals surface area contributed by atoms with Gasteiger partial charge in [-0.3, -0.25) is 14.4 Å². The first-order valence-electron chi connectivity index (χ1n) is 12.3. The van der Waals surface area contributed by atoms with Gasteiger partial charge in [0.25, 0.3) is 0 Å². The van der Waals surface area contributed by atoms with Gasteiger partial charge in [0.15, 0.2) is 0 Å². The number of amides is 3. The summed E-state index contributed by atoms with van der Waals surface area (Å²) in [7, 11) is 0. The van der Waals surface area contributed by atoms with Crippen LogP contribution in [0.5, 0.6) is 0 Å². The molecule has 36 heavy (non-hydrogen) atoms. The lowest BCUT2D eigenvalue weighted by molar-refractivity contribution is -0.145. The molecule has 3 N–H and O–H groups in total. The Hall–Kier alpha value is -2.75. The molecule has 3 unspecified atom stereocenters. The maximum atomic E-state index is 14.0. The van der Waals surface area contributed by atoms with E-state index in [2.05, 4.69) is 26.6 Å². The van der Waals surface area contributed by atoms with Crippen LogP contribution in [0.4, 0.5) is 5.69 Å². The number of aliphatic hydroxyl groups is 1. The van der Waals surface area contributed by atoms with E-state index in [4.69, 9.17) is 4.74 Å². The number of fused-ring (bicyclic) bond motifs is 1. The van der Waals surface area contributed by atoms with Gasteiger partial charge >= 0.3 is 0 Å². The fraction of sp³-hybridized carbons (Fsp3) is 0.444. The minimum Gasteiger partial charge on any atom is -0.394 e. The Morgan fingerprint density at radius 3 is 2.44 bits per heavy atom. The average molecular weight is 556 g/mol. The number of ether oxygens (including phenoxy) is 1. The number of para-hydroxylation sites is 1. The minimum atomic E-state index is -1.15. The summed E-state index contributed by atoms with van der Waals surface area (Å²) in [5.41, 5.74) is 0.407. The van der Waals surface area contributed by atoms with E-state index in [-0.39, 0.29) is 29.2 Å². The number of anilines is 1. The first-order chi connectivity index (χ1) is 17.4. The largest absolute Gasteiger partial charge is 0.394 e. The predicted molar refractivity (Wildman–Crippen MR) is 137 cm³/mol. The van der Waals surface area contributed by atoms with Crippen molar-refractivity contribution < 1.29 is 24.2 Å². The van der Waals surface area contributed by atoms with Gasteiger partial charge in [0.05, 0.1) is 30.6 Å². The first kappa shape index (κ1) is 24.9. The van der Waals surface area contributed by atoms with Crippen LogP contribution < -0.4 is 10.6 Å². The van der Waals surface area contributed by atoms with Gasteiger partial charge in [0.2, 0.25) is 17.7 Å². The van der Waals surface area contributed by atoms with Crippen LogP contribution in [0.1, 0.15) is 25.3 Å². The van der Waals surface area contributed by atoms with Crippen LogP contribution in [-0.4, -0.2) is 63.0 Å². The molecule has 3 amide bonds. The van der Waals surface area contributed by atoms with E-state index in [0.717, 1.165) is 5.56 Å². The molecule has 5 rings (SSSR count). The zero-order chi connectivity index (χ0) is 25.4. The molecule has 3 aliphatic heterocycles. The van der Waals surface area contributed by atoms with Crippen molar-refractivity contribution in [3.8, 4) is 0 Å². The number of alkyl halides is 1. The van der Waals surface area contributed by atoms with Crippen LogP contribution in [0.25, 0.3) is 0 Å². The Bertz CT molecular complexity index is 1130. The van der Waals surface area contributed by atoms with Crippen LogP contribution in [0.3, 0.4) is 0 Å². The van der Waals surface area contributed by atoms with E-state index in [0.29, 0.717) is 25.1 Å². The third-order valence-electron chi connectivity index (χ3n) is 7.70. The smallest absolute Gasteiger partial charge is 0.246 e. The number of likely N-dealkylation sites (tertiary alicyclic amines) is 1. The molecule has 2 aromatic rings. The van der Waals surface area contributed by atoms with E-state index in [9.17, 15) is 19.5 Å². The zero-order valence-electron chi connectivity index (χ0n) is 20.0. The van der Waals surface area contributed by atoms with Gasteiger partial charge in [0, 0.05) is 17.1 Å². The molecule has 2 bridgehead atoms. The fourth-order valence-electron chi connectivity index (χ4n) is 6.10. The van der Waals surface area contributed by atoms with Crippen molar-refractivity contribution in [2.24, 2.45) is 11.8 Å². The molecule has 3 aliphatic rings. The summed E-state index contributed by atoms with van der Waals surface area (Å²) in [6.45, 7) is 1.88. The van der Waals surface area contributed by atoms with Crippen LogP contribution in [0.2, 0.25) is 0 Å². The van der Waals surface area contributed by atoms with Crippen LogP contribution in [0.15, 0.2) is 60.7 Å². The van der Waals surface area contributed by atoms with Gasteiger partial charge in [0.1, 0.15) is 11.6 Å². The molecule has 8 nitrogen and oxygen atoms in total. The standard InChI is InChI=1S/C27H30BrN3O5/c1-2-18(15-32)31-23(25(34)29-14-16-9-5-3-6-10-16)27-13-19(28)22(36-27)20(21(27)26(31)35)24(33)30-17-11-7-4-8-12-17/h3-12,18-23,32H,2,13-15H2,1H3,(H,29,34)(H,30,33)/t18-,19?,20+,21-,22+,23?,27?/m0/s1. The summed E-state index contributed by atoms with van der Waals surface area (Å²) in [5, 5.41) is 16.0. The Labute approximate surface area is 218 Å². The number of nitrogens with one attached hydrogen (secondary N) is 2. The number of carbonyl (C=O) groups is 3. The molecule has 190 valence electrons. The second-order valence-corrected chi connectivity index (χ2v) is 10.9. The summed E-state index contributed by atoms with van der Waals surface area (Å²) in [5.74, 6) is -2.54. The molecule has 2 aromatic carbocycles. The second kappa shape index (κ2) is 9.95. The molecule has 0 radical (unpaired) electrons. The summed E-state index contributed by atoms with van der Waals surface area (Å²) >= 11 is 3.67. The maximum absolute atomic E-state index is 14.0. The highest BCUT2D eigenvalue weighted by atomic mass is 79.9. The van der Waals surface area contributed by atoms with Gasteiger partial charge in [-0.05, 0) is 30.5 Å². The molecule has 0 aromatic heterocycles. The summed E-state index contributed by atoms with van der Waals surface area (Å²) in [6, 6.07) is 17.1. The number of hydrogen-bond acceptors (Lipinski definition) is 5. The molecular formula is C27H30BrN3O5.